The Morgan fingerprint density at radius 3 is 2.59 bits per heavy atom. The highest BCUT2D eigenvalue weighted by atomic mass is 16.1. The largest absolute Gasteiger partial charge is 0.295 e. The van der Waals surface area contributed by atoms with Gasteiger partial charge >= 0.3 is 0 Å². The van der Waals surface area contributed by atoms with Gasteiger partial charge in [-0.3, -0.25) is 4.79 Å². The van der Waals surface area contributed by atoms with Gasteiger partial charge in [0, 0.05) is 6.42 Å². The maximum atomic E-state index is 11.9. The summed E-state index contributed by atoms with van der Waals surface area (Å²) in [5, 5.41) is 0. The highest BCUT2D eigenvalue weighted by Crippen LogP contribution is 2.66. The second-order valence-corrected chi connectivity index (χ2v) is 9.44. The van der Waals surface area contributed by atoms with Crippen LogP contribution in [0.15, 0.2) is 11.6 Å². The van der Waals surface area contributed by atoms with Crippen molar-refractivity contribution in [3.05, 3.63) is 11.6 Å². The average molecular weight is 300 g/mol. The van der Waals surface area contributed by atoms with Crippen molar-refractivity contribution in [3.63, 3.8) is 0 Å². The molecule has 1 nitrogen and oxygen atoms in total. The maximum Gasteiger partial charge on any atom is 0.155 e. The lowest BCUT2D eigenvalue weighted by molar-refractivity contribution is -0.117. The molecule has 0 radical (unpaired) electrons. The summed E-state index contributed by atoms with van der Waals surface area (Å²) in [5.41, 5.74) is 2.10. The first-order chi connectivity index (χ1) is 10.4. The zero-order chi connectivity index (χ0) is 15.6. The highest BCUT2D eigenvalue weighted by molar-refractivity contribution is 5.91. The molecule has 3 saturated carbocycles. The van der Waals surface area contributed by atoms with Gasteiger partial charge in [0.2, 0.25) is 0 Å². The molecular weight excluding hydrogens is 268 g/mol. The molecular formula is C21H32O. The smallest absolute Gasteiger partial charge is 0.155 e. The monoisotopic (exact) mass is 300 g/mol. The van der Waals surface area contributed by atoms with Crippen LogP contribution in [0.2, 0.25) is 0 Å². The average Bonchev–Trinajstić information content (AvgIpc) is 2.74. The molecule has 0 aromatic heterocycles. The van der Waals surface area contributed by atoms with Gasteiger partial charge in [-0.25, -0.2) is 0 Å². The predicted octanol–water partition coefficient (Wildman–Crippen LogP) is 5.26. The Morgan fingerprint density at radius 2 is 1.82 bits per heavy atom. The van der Waals surface area contributed by atoms with Crippen LogP contribution in [0.5, 0.6) is 0 Å². The number of hydrogen-bond donors (Lipinski definition) is 0. The van der Waals surface area contributed by atoms with Crippen LogP contribution in [0, 0.1) is 46.8 Å². The molecule has 0 aliphatic heterocycles. The Labute approximate surface area is 135 Å². The van der Waals surface area contributed by atoms with Gasteiger partial charge in [-0.1, -0.05) is 33.3 Å². The lowest BCUT2D eigenvalue weighted by Gasteiger charge is -2.58. The Morgan fingerprint density at radius 1 is 1.05 bits per heavy atom. The van der Waals surface area contributed by atoms with E-state index in [0.29, 0.717) is 11.2 Å². The first-order valence-corrected chi connectivity index (χ1v) is 9.65. The van der Waals surface area contributed by atoms with Crippen LogP contribution in [0.3, 0.4) is 0 Å². The van der Waals surface area contributed by atoms with Crippen LogP contribution in [-0.4, -0.2) is 5.78 Å². The summed E-state index contributed by atoms with van der Waals surface area (Å²) in [6.07, 6.45) is 9.50. The molecule has 0 N–H and O–H groups in total. The highest BCUT2D eigenvalue weighted by Gasteiger charge is 2.58. The van der Waals surface area contributed by atoms with Gasteiger partial charge in [0.05, 0.1) is 0 Å². The van der Waals surface area contributed by atoms with Crippen molar-refractivity contribution in [2.24, 2.45) is 46.8 Å². The quantitative estimate of drug-likeness (QED) is 0.596. The molecule has 4 aliphatic carbocycles. The predicted molar refractivity (Wildman–Crippen MR) is 90.4 cm³/mol. The molecule has 3 fully saturated rings. The van der Waals surface area contributed by atoms with E-state index in [2.05, 4.69) is 27.7 Å². The molecule has 0 aromatic carbocycles. The lowest BCUT2D eigenvalue weighted by Crippen LogP contribution is -2.52. The minimum absolute atomic E-state index is 0.389. The minimum atomic E-state index is 0.389. The third-order valence-electron chi connectivity index (χ3n) is 8.42. The van der Waals surface area contributed by atoms with Crippen LogP contribution in [0.25, 0.3) is 0 Å². The molecule has 1 heteroatoms. The van der Waals surface area contributed by atoms with Gasteiger partial charge in [0.15, 0.2) is 5.78 Å². The van der Waals surface area contributed by atoms with E-state index in [4.69, 9.17) is 0 Å². The summed E-state index contributed by atoms with van der Waals surface area (Å²) in [5.74, 6) is 6.33. The Kier molecular flexibility index (Phi) is 3.37. The molecule has 1 unspecified atom stereocenters. The van der Waals surface area contributed by atoms with E-state index in [1.807, 2.05) is 6.08 Å². The molecule has 0 aromatic rings. The number of rotatable bonds is 0. The fourth-order valence-corrected chi connectivity index (χ4v) is 7.38. The number of carbonyl (C=O) groups excluding carboxylic acids is 1. The number of allylic oxidation sites excluding steroid dienone is 1. The van der Waals surface area contributed by atoms with Gasteiger partial charge < -0.3 is 0 Å². The molecule has 4 rings (SSSR count). The molecule has 0 spiro atoms. The van der Waals surface area contributed by atoms with Crippen molar-refractivity contribution in [3.8, 4) is 0 Å². The topological polar surface area (TPSA) is 17.1 Å². The Hall–Kier alpha value is -0.590. The molecule has 0 heterocycles. The van der Waals surface area contributed by atoms with Gasteiger partial charge in [-0.2, -0.15) is 0 Å². The molecule has 22 heavy (non-hydrogen) atoms. The van der Waals surface area contributed by atoms with Crippen molar-refractivity contribution in [1.82, 2.24) is 0 Å². The first kappa shape index (κ1) is 15.0. The van der Waals surface area contributed by atoms with E-state index in [1.165, 1.54) is 31.3 Å². The number of fused-ring (bicyclic) bond motifs is 5. The Bertz CT molecular complexity index is 518. The summed E-state index contributed by atoms with van der Waals surface area (Å²) in [6.45, 7) is 10.1. The van der Waals surface area contributed by atoms with E-state index in [-0.39, 0.29) is 0 Å². The van der Waals surface area contributed by atoms with Crippen LogP contribution < -0.4 is 0 Å². The fraction of sp³-hybridized carbons (Fsp3) is 0.857. The summed E-state index contributed by atoms with van der Waals surface area (Å²) in [6, 6.07) is 0. The second kappa shape index (κ2) is 4.95. The molecule has 4 aliphatic rings. The van der Waals surface area contributed by atoms with Crippen LogP contribution in [-0.2, 0) is 4.79 Å². The summed E-state index contributed by atoms with van der Waals surface area (Å²) in [7, 11) is 0. The standard InChI is InChI=1S/C21H32O/c1-12-9-15-10-16(22)6-7-17(15)19-13(2)11-21(4)14(3)5-8-18(21)20(12)19/h10,12-14,17-20H,5-9,11H2,1-4H3/t12-,13-,14-,17?,18-,19+,20-,21+/m0/s1. The van der Waals surface area contributed by atoms with Crippen molar-refractivity contribution < 1.29 is 4.79 Å². The van der Waals surface area contributed by atoms with Gasteiger partial charge in [0.25, 0.3) is 0 Å². The van der Waals surface area contributed by atoms with Gasteiger partial charge in [-0.05, 0) is 85.0 Å². The number of carbonyl (C=O) groups is 1. The van der Waals surface area contributed by atoms with Crippen molar-refractivity contribution >= 4 is 5.78 Å². The minimum Gasteiger partial charge on any atom is -0.295 e. The number of hydrogen-bond acceptors (Lipinski definition) is 1. The lowest BCUT2D eigenvalue weighted by atomic mass is 9.46. The van der Waals surface area contributed by atoms with E-state index in [0.717, 1.165) is 54.3 Å². The second-order valence-electron chi connectivity index (χ2n) is 9.44. The van der Waals surface area contributed by atoms with Crippen LogP contribution >= 0.6 is 0 Å². The van der Waals surface area contributed by atoms with E-state index in [9.17, 15) is 4.79 Å². The van der Waals surface area contributed by atoms with Crippen molar-refractivity contribution in [1.29, 1.82) is 0 Å². The van der Waals surface area contributed by atoms with E-state index < -0.39 is 0 Å². The fourth-order valence-electron chi connectivity index (χ4n) is 7.38. The first-order valence-electron chi connectivity index (χ1n) is 9.65. The Balaban J connectivity index is 1.73. The van der Waals surface area contributed by atoms with Gasteiger partial charge in [0.1, 0.15) is 0 Å². The van der Waals surface area contributed by atoms with Crippen LogP contribution in [0.4, 0.5) is 0 Å². The SMILES string of the molecule is C[C@H]1C[C@]2(C)[C@@H](C)CC[C@H]2[C@H]2[C@H]1C1CCC(=O)C=C1C[C@@H]2C. The third-order valence-corrected chi connectivity index (χ3v) is 8.42. The van der Waals surface area contributed by atoms with E-state index >= 15 is 0 Å². The van der Waals surface area contributed by atoms with E-state index in [1.54, 1.807) is 0 Å². The molecule has 0 bridgehead atoms. The van der Waals surface area contributed by atoms with Crippen molar-refractivity contribution in [2.75, 3.05) is 0 Å². The normalized spacial score (nSPS) is 54.3. The molecule has 0 amide bonds. The summed E-state index contributed by atoms with van der Waals surface area (Å²) < 4.78 is 0. The van der Waals surface area contributed by atoms with Crippen LogP contribution in [0.1, 0.15) is 66.2 Å². The number of ketones is 1. The molecule has 0 saturated heterocycles. The zero-order valence-electron chi connectivity index (χ0n) is 14.8. The summed E-state index contributed by atoms with van der Waals surface area (Å²) >= 11 is 0. The summed E-state index contributed by atoms with van der Waals surface area (Å²) in [4.78, 5) is 11.9. The van der Waals surface area contributed by atoms with Gasteiger partial charge in [-0.15, -0.1) is 0 Å². The van der Waals surface area contributed by atoms with Crippen molar-refractivity contribution in [2.45, 2.75) is 66.2 Å². The molecule has 8 atom stereocenters. The molecule has 122 valence electrons. The maximum absolute atomic E-state index is 11.9. The third kappa shape index (κ3) is 1.93. The zero-order valence-corrected chi connectivity index (χ0v) is 14.8.